The number of nitrogens with one attached hydrogen (secondary N) is 1. The largest absolute Gasteiger partial charge is 0.497 e. The van der Waals surface area contributed by atoms with Crippen molar-refractivity contribution in [1.82, 2.24) is 15.1 Å². The maximum absolute atomic E-state index is 15.0. The standard InChI is InChI=1S/C29H32ClF2N3O5/c1-40-20-6-4-18(5-7-20)16-34-26(38)29(35(12-13-36)27(34)39)14-19(15-29)25(37)33-17-28(10-2-3-11-28)23-22(31)9-8-21(30)24(23)32/h4-9,19,36H,2-3,10-17H2,1H3,(H,33,37). The first-order chi connectivity index (χ1) is 19.2. The molecule has 3 fully saturated rings. The van der Waals surface area contributed by atoms with Crippen LogP contribution in [0.1, 0.15) is 49.7 Å². The zero-order valence-corrected chi connectivity index (χ0v) is 23.0. The number of urea groups is 1. The quantitative estimate of drug-likeness (QED) is 0.346. The summed E-state index contributed by atoms with van der Waals surface area (Å²) in [6.45, 7) is -0.260. The number of rotatable bonds is 9. The van der Waals surface area contributed by atoms with E-state index < -0.39 is 40.4 Å². The van der Waals surface area contributed by atoms with E-state index in [-0.39, 0.29) is 55.6 Å². The summed E-state index contributed by atoms with van der Waals surface area (Å²) in [6.07, 6.45) is 2.77. The zero-order valence-electron chi connectivity index (χ0n) is 22.2. The second kappa shape index (κ2) is 11.0. The SMILES string of the molecule is COc1ccc(CN2C(=O)N(CCO)C3(CC(C(=O)NCC4(c5c(F)ccc(Cl)c5F)CCCC4)C3)C2=O)cc1. The molecule has 1 heterocycles. The Morgan fingerprint density at radius 1 is 1.12 bits per heavy atom. The third-order valence-corrected chi connectivity index (χ3v) is 9.01. The summed E-state index contributed by atoms with van der Waals surface area (Å²) in [6, 6.07) is 8.83. The number of hydrogen-bond donors (Lipinski definition) is 2. The minimum atomic E-state index is -1.20. The van der Waals surface area contributed by atoms with Gasteiger partial charge in [-0.05, 0) is 55.5 Å². The summed E-state index contributed by atoms with van der Waals surface area (Å²) in [5, 5.41) is 12.3. The lowest BCUT2D eigenvalue weighted by molar-refractivity contribution is -0.146. The molecule has 214 valence electrons. The average molecular weight is 576 g/mol. The maximum Gasteiger partial charge on any atom is 0.328 e. The molecule has 1 saturated heterocycles. The number of halogens is 3. The Kier molecular flexibility index (Phi) is 7.76. The first-order valence-corrected chi connectivity index (χ1v) is 13.8. The molecule has 2 N–H and O–H groups in total. The van der Waals surface area contributed by atoms with Crippen LogP contribution in [-0.2, 0) is 21.5 Å². The van der Waals surface area contributed by atoms with Crippen molar-refractivity contribution in [2.45, 2.75) is 56.0 Å². The van der Waals surface area contributed by atoms with Crippen LogP contribution in [0, 0.1) is 17.6 Å². The number of amides is 4. The predicted molar refractivity (Wildman–Crippen MR) is 143 cm³/mol. The van der Waals surface area contributed by atoms with Gasteiger partial charge in [-0.25, -0.2) is 13.6 Å². The fourth-order valence-corrected chi connectivity index (χ4v) is 6.72. The minimum Gasteiger partial charge on any atom is -0.497 e. The van der Waals surface area contributed by atoms with Crippen LogP contribution >= 0.6 is 11.6 Å². The number of nitrogens with zero attached hydrogens (tertiary/aromatic N) is 2. The number of aliphatic hydroxyl groups excluding tert-OH is 1. The van der Waals surface area contributed by atoms with Crippen molar-refractivity contribution in [3.05, 3.63) is 64.2 Å². The molecule has 1 aliphatic heterocycles. The first kappa shape index (κ1) is 28.3. The Hall–Kier alpha value is -3.24. The van der Waals surface area contributed by atoms with Crippen LogP contribution in [0.25, 0.3) is 0 Å². The van der Waals surface area contributed by atoms with E-state index in [0.29, 0.717) is 18.6 Å². The molecule has 0 bridgehead atoms. The van der Waals surface area contributed by atoms with E-state index in [1.165, 1.54) is 11.0 Å². The normalized spacial score (nSPS) is 23.6. The zero-order chi connectivity index (χ0) is 28.7. The van der Waals surface area contributed by atoms with Gasteiger partial charge < -0.3 is 20.1 Å². The van der Waals surface area contributed by atoms with Crippen LogP contribution in [0.2, 0.25) is 5.02 Å². The Morgan fingerprint density at radius 2 is 1.80 bits per heavy atom. The summed E-state index contributed by atoms with van der Waals surface area (Å²) in [5.74, 6) is -2.14. The number of benzene rings is 2. The van der Waals surface area contributed by atoms with Gasteiger partial charge in [-0.1, -0.05) is 36.6 Å². The number of ether oxygens (including phenoxy) is 1. The summed E-state index contributed by atoms with van der Waals surface area (Å²) in [5.41, 5.74) is -1.47. The van der Waals surface area contributed by atoms with Gasteiger partial charge in [0, 0.05) is 30.0 Å². The first-order valence-electron chi connectivity index (χ1n) is 13.4. The summed E-state index contributed by atoms with van der Waals surface area (Å²) < 4.78 is 34.9. The predicted octanol–water partition coefficient (Wildman–Crippen LogP) is 4.16. The molecular formula is C29H32ClF2N3O5. The molecular weight excluding hydrogens is 544 g/mol. The van der Waals surface area contributed by atoms with Crippen molar-refractivity contribution in [2.24, 2.45) is 5.92 Å². The van der Waals surface area contributed by atoms with Gasteiger partial charge in [0.25, 0.3) is 5.91 Å². The molecule has 11 heteroatoms. The Bertz CT molecular complexity index is 1310. The molecule has 2 saturated carbocycles. The Balaban J connectivity index is 1.28. The van der Waals surface area contributed by atoms with E-state index in [1.807, 2.05) is 0 Å². The lowest BCUT2D eigenvalue weighted by atomic mass is 9.66. The van der Waals surface area contributed by atoms with Gasteiger partial charge in [-0.15, -0.1) is 0 Å². The van der Waals surface area contributed by atoms with Crippen molar-refractivity contribution in [2.75, 3.05) is 26.8 Å². The lowest BCUT2D eigenvalue weighted by Crippen LogP contribution is -2.62. The van der Waals surface area contributed by atoms with Crippen LogP contribution in [0.4, 0.5) is 13.6 Å². The molecule has 40 heavy (non-hydrogen) atoms. The fourth-order valence-electron chi connectivity index (χ4n) is 6.56. The van der Waals surface area contributed by atoms with Gasteiger partial charge in [-0.3, -0.25) is 14.5 Å². The molecule has 0 atom stereocenters. The average Bonchev–Trinajstić information content (AvgIpc) is 3.48. The second-order valence-corrected chi connectivity index (χ2v) is 11.4. The van der Waals surface area contributed by atoms with E-state index in [2.05, 4.69) is 5.32 Å². The monoisotopic (exact) mass is 575 g/mol. The van der Waals surface area contributed by atoms with E-state index in [0.717, 1.165) is 29.4 Å². The van der Waals surface area contributed by atoms with Crippen molar-refractivity contribution >= 4 is 29.4 Å². The van der Waals surface area contributed by atoms with Crippen molar-refractivity contribution in [1.29, 1.82) is 0 Å². The topological polar surface area (TPSA) is 99.2 Å². The molecule has 2 aromatic rings. The molecule has 1 spiro atoms. The number of hydrogen-bond acceptors (Lipinski definition) is 5. The van der Waals surface area contributed by atoms with Crippen molar-refractivity contribution < 1.29 is 33.0 Å². The number of aliphatic hydroxyl groups is 1. The molecule has 0 unspecified atom stereocenters. The third-order valence-electron chi connectivity index (χ3n) is 8.72. The van der Waals surface area contributed by atoms with Gasteiger partial charge in [-0.2, -0.15) is 0 Å². The number of imide groups is 1. The summed E-state index contributed by atoms with van der Waals surface area (Å²) in [7, 11) is 1.55. The number of carbonyl (C=O) groups is 3. The number of β-amino-alcohol motifs (C(OH)–C–C–N with tert-alkyl or cyclic N) is 1. The van der Waals surface area contributed by atoms with Gasteiger partial charge in [0.05, 0.1) is 25.3 Å². The van der Waals surface area contributed by atoms with E-state index in [4.69, 9.17) is 16.3 Å². The molecule has 4 amide bonds. The van der Waals surface area contributed by atoms with Crippen LogP contribution < -0.4 is 10.1 Å². The molecule has 3 aliphatic rings. The Labute approximate surface area is 236 Å². The van der Waals surface area contributed by atoms with Crippen LogP contribution in [0.3, 0.4) is 0 Å². The van der Waals surface area contributed by atoms with Gasteiger partial charge >= 0.3 is 6.03 Å². The Morgan fingerprint density at radius 3 is 2.42 bits per heavy atom. The summed E-state index contributed by atoms with van der Waals surface area (Å²) in [4.78, 5) is 42.5. The lowest BCUT2D eigenvalue weighted by Gasteiger charge is -2.47. The highest BCUT2D eigenvalue weighted by molar-refractivity contribution is 6.30. The van der Waals surface area contributed by atoms with Gasteiger partial charge in [0.15, 0.2) is 0 Å². The van der Waals surface area contributed by atoms with Crippen LogP contribution in [0.15, 0.2) is 36.4 Å². The number of carbonyl (C=O) groups excluding carboxylic acids is 3. The van der Waals surface area contributed by atoms with E-state index in [9.17, 15) is 28.3 Å². The second-order valence-electron chi connectivity index (χ2n) is 11.0. The van der Waals surface area contributed by atoms with Gasteiger partial charge in [0.1, 0.15) is 22.9 Å². The van der Waals surface area contributed by atoms with Crippen molar-refractivity contribution in [3.63, 3.8) is 0 Å². The molecule has 2 aromatic carbocycles. The highest BCUT2D eigenvalue weighted by atomic mass is 35.5. The van der Waals surface area contributed by atoms with Crippen LogP contribution in [0.5, 0.6) is 5.75 Å². The summed E-state index contributed by atoms with van der Waals surface area (Å²) >= 11 is 5.96. The highest BCUT2D eigenvalue weighted by Crippen LogP contribution is 2.49. The minimum absolute atomic E-state index is 0.0333. The van der Waals surface area contributed by atoms with E-state index >= 15 is 0 Å². The maximum atomic E-state index is 15.0. The van der Waals surface area contributed by atoms with Gasteiger partial charge in [0.2, 0.25) is 5.91 Å². The molecule has 0 radical (unpaired) electrons. The smallest absolute Gasteiger partial charge is 0.328 e. The third kappa shape index (κ3) is 4.71. The highest BCUT2D eigenvalue weighted by Gasteiger charge is 2.64. The fraction of sp³-hybridized carbons (Fsp3) is 0.483. The van der Waals surface area contributed by atoms with E-state index in [1.54, 1.807) is 31.4 Å². The molecule has 0 aromatic heterocycles. The van der Waals surface area contributed by atoms with Crippen LogP contribution in [-0.4, -0.2) is 65.1 Å². The van der Waals surface area contributed by atoms with Crippen molar-refractivity contribution in [3.8, 4) is 5.75 Å². The molecule has 2 aliphatic carbocycles. The molecule has 5 rings (SSSR count). The number of methoxy groups -OCH3 is 1. The molecule has 8 nitrogen and oxygen atoms in total.